The number of nitrogens with zero attached hydrogens (tertiary/aromatic N) is 1. The van der Waals surface area contributed by atoms with E-state index in [0.717, 1.165) is 10.4 Å². The number of hydrogen-bond donors (Lipinski definition) is 1. The van der Waals surface area contributed by atoms with Gasteiger partial charge in [-0.3, -0.25) is 0 Å². The second kappa shape index (κ2) is 5.71. The van der Waals surface area contributed by atoms with E-state index in [1.165, 1.54) is 7.05 Å². The van der Waals surface area contributed by atoms with Crippen LogP contribution in [0.1, 0.15) is 12.8 Å². The Kier molecular flexibility index (Phi) is 4.36. The summed E-state index contributed by atoms with van der Waals surface area (Å²) in [6, 6.07) is 1.08. The molecule has 1 N–H and O–H groups in total. The summed E-state index contributed by atoms with van der Waals surface area (Å²) in [5.41, 5.74) is 0. The van der Waals surface area contributed by atoms with Crippen LogP contribution in [0, 0.1) is 17.5 Å². The lowest BCUT2D eigenvalue weighted by Gasteiger charge is -2.30. The monoisotopic (exact) mass is 308 g/mol. The molecular weight excluding hydrogens is 293 g/mol. The standard InChI is InChI=1S/C12H15F3N2O2S/c1-17(8-4-6-16-7-5-8)20(18,19)10-3-2-9(13)11(14)12(10)15/h2-3,8,16H,4-7H2,1H3. The van der Waals surface area contributed by atoms with Gasteiger partial charge in [0.05, 0.1) is 0 Å². The normalized spacial score (nSPS) is 17.6. The largest absolute Gasteiger partial charge is 0.317 e. The minimum absolute atomic E-state index is 0.284. The lowest BCUT2D eigenvalue weighted by atomic mass is 10.1. The maximum atomic E-state index is 13.7. The first kappa shape index (κ1) is 15.3. The zero-order chi connectivity index (χ0) is 14.9. The van der Waals surface area contributed by atoms with Crippen molar-refractivity contribution in [3.8, 4) is 0 Å². The Hall–Kier alpha value is -1.12. The van der Waals surface area contributed by atoms with Crippen LogP contribution < -0.4 is 5.32 Å². The SMILES string of the molecule is CN(C1CCNCC1)S(=O)(=O)c1ccc(F)c(F)c1F. The molecule has 0 aromatic heterocycles. The van der Waals surface area contributed by atoms with Crippen molar-refractivity contribution in [2.45, 2.75) is 23.8 Å². The van der Waals surface area contributed by atoms with Crippen molar-refractivity contribution in [3.63, 3.8) is 0 Å². The molecule has 8 heteroatoms. The molecule has 112 valence electrons. The predicted molar refractivity (Wildman–Crippen MR) is 67.2 cm³/mol. The molecule has 1 aromatic rings. The van der Waals surface area contributed by atoms with Crippen molar-refractivity contribution >= 4 is 10.0 Å². The Morgan fingerprint density at radius 3 is 2.35 bits per heavy atom. The maximum Gasteiger partial charge on any atom is 0.246 e. The Balaban J connectivity index is 2.37. The Morgan fingerprint density at radius 2 is 1.75 bits per heavy atom. The molecule has 0 radical (unpaired) electrons. The topological polar surface area (TPSA) is 49.4 Å². The van der Waals surface area contributed by atoms with Gasteiger partial charge in [-0.25, -0.2) is 21.6 Å². The van der Waals surface area contributed by atoms with Crippen LogP contribution >= 0.6 is 0 Å². The highest BCUT2D eigenvalue weighted by Crippen LogP contribution is 2.25. The number of rotatable bonds is 3. The molecule has 0 spiro atoms. The second-order valence-corrected chi connectivity index (χ2v) is 6.64. The molecule has 20 heavy (non-hydrogen) atoms. The summed E-state index contributed by atoms with van der Waals surface area (Å²) in [4.78, 5) is -0.836. The van der Waals surface area contributed by atoms with Crippen LogP contribution in [0.3, 0.4) is 0 Å². The van der Waals surface area contributed by atoms with E-state index in [9.17, 15) is 21.6 Å². The Bertz CT molecular complexity index is 601. The fourth-order valence-electron chi connectivity index (χ4n) is 2.23. The van der Waals surface area contributed by atoms with E-state index < -0.39 is 32.4 Å². The van der Waals surface area contributed by atoms with Crippen LogP contribution in [-0.2, 0) is 10.0 Å². The molecule has 1 aromatic carbocycles. The third-order valence-electron chi connectivity index (χ3n) is 3.48. The van der Waals surface area contributed by atoms with Gasteiger partial charge in [-0.1, -0.05) is 0 Å². The van der Waals surface area contributed by atoms with Gasteiger partial charge in [0.15, 0.2) is 17.5 Å². The molecule has 0 aliphatic carbocycles. The average molecular weight is 308 g/mol. The molecule has 1 fully saturated rings. The van der Waals surface area contributed by atoms with Crippen molar-refractivity contribution in [1.82, 2.24) is 9.62 Å². The van der Waals surface area contributed by atoms with E-state index >= 15 is 0 Å². The number of nitrogens with one attached hydrogen (secondary N) is 1. The first-order chi connectivity index (χ1) is 9.35. The number of sulfonamides is 1. The van der Waals surface area contributed by atoms with Gasteiger partial charge in [-0.2, -0.15) is 4.31 Å². The van der Waals surface area contributed by atoms with Crippen LogP contribution in [0.15, 0.2) is 17.0 Å². The van der Waals surface area contributed by atoms with E-state index in [2.05, 4.69) is 5.32 Å². The van der Waals surface area contributed by atoms with E-state index in [-0.39, 0.29) is 6.04 Å². The van der Waals surface area contributed by atoms with E-state index in [1.54, 1.807) is 0 Å². The molecule has 0 atom stereocenters. The van der Waals surface area contributed by atoms with Gasteiger partial charge >= 0.3 is 0 Å². The molecule has 1 saturated heterocycles. The lowest BCUT2D eigenvalue weighted by Crippen LogP contribution is -2.44. The smallest absolute Gasteiger partial charge is 0.246 e. The van der Waals surface area contributed by atoms with Crippen LogP contribution in [0.5, 0.6) is 0 Å². The minimum Gasteiger partial charge on any atom is -0.317 e. The van der Waals surface area contributed by atoms with Gasteiger partial charge in [0.1, 0.15) is 4.90 Å². The summed E-state index contributed by atoms with van der Waals surface area (Å²) in [5, 5.41) is 3.08. The Morgan fingerprint density at radius 1 is 1.15 bits per heavy atom. The van der Waals surface area contributed by atoms with Gasteiger partial charge in [-0.05, 0) is 38.1 Å². The highest BCUT2D eigenvalue weighted by atomic mass is 32.2. The summed E-state index contributed by atoms with van der Waals surface area (Å²) in [6.07, 6.45) is 1.17. The molecule has 4 nitrogen and oxygen atoms in total. The first-order valence-electron chi connectivity index (χ1n) is 6.18. The zero-order valence-electron chi connectivity index (χ0n) is 10.9. The third-order valence-corrected chi connectivity index (χ3v) is 5.41. The van der Waals surface area contributed by atoms with Gasteiger partial charge in [0.25, 0.3) is 0 Å². The number of benzene rings is 1. The molecule has 1 heterocycles. The lowest BCUT2D eigenvalue weighted by molar-refractivity contribution is 0.295. The molecular formula is C12H15F3N2O2S. The van der Waals surface area contributed by atoms with E-state index in [1.807, 2.05) is 0 Å². The van der Waals surface area contributed by atoms with Crippen molar-refractivity contribution in [2.24, 2.45) is 0 Å². The maximum absolute atomic E-state index is 13.7. The molecule has 1 aliphatic rings. The molecule has 0 unspecified atom stereocenters. The van der Waals surface area contributed by atoms with Crippen molar-refractivity contribution < 1.29 is 21.6 Å². The van der Waals surface area contributed by atoms with E-state index in [4.69, 9.17) is 0 Å². The van der Waals surface area contributed by atoms with Crippen LogP contribution in [0.25, 0.3) is 0 Å². The fourth-order valence-corrected chi connectivity index (χ4v) is 3.70. The average Bonchev–Trinajstić information content (AvgIpc) is 2.44. The third kappa shape index (κ3) is 2.68. The van der Waals surface area contributed by atoms with Crippen LogP contribution in [-0.4, -0.2) is 38.9 Å². The second-order valence-electron chi connectivity index (χ2n) is 4.68. The van der Waals surface area contributed by atoms with Crippen molar-refractivity contribution in [1.29, 1.82) is 0 Å². The van der Waals surface area contributed by atoms with E-state index in [0.29, 0.717) is 32.0 Å². The van der Waals surface area contributed by atoms with Gasteiger partial charge in [-0.15, -0.1) is 0 Å². The van der Waals surface area contributed by atoms with Crippen LogP contribution in [0.2, 0.25) is 0 Å². The fraction of sp³-hybridized carbons (Fsp3) is 0.500. The molecule has 2 rings (SSSR count). The van der Waals surface area contributed by atoms with Gasteiger partial charge in [0, 0.05) is 13.1 Å². The quantitative estimate of drug-likeness (QED) is 0.861. The summed E-state index contributed by atoms with van der Waals surface area (Å²) in [6.45, 7) is 1.32. The Labute approximate surface area is 115 Å². The molecule has 0 bridgehead atoms. The molecule has 1 aliphatic heterocycles. The summed E-state index contributed by atoms with van der Waals surface area (Å²) in [7, 11) is -2.86. The predicted octanol–water partition coefficient (Wildman–Crippen LogP) is 1.48. The summed E-state index contributed by atoms with van der Waals surface area (Å²) >= 11 is 0. The van der Waals surface area contributed by atoms with Gasteiger partial charge < -0.3 is 5.32 Å². The summed E-state index contributed by atoms with van der Waals surface area (Å²) < 4.78 is 65.3. The minimum atomic E-state index is -4.18. The number of halogens is 3. The zero-order valence-corrected chi connectivity index (χ0v) is 11.7. The number of piperidine rings is 1. The highest BCUT2D eigenvalue weighted by Gasteiger charge is 2.32. The molecule has 0 amide bonds. The molecule has 0 saturated carbocycles. The summed E-state index contributed by atoms with van der Waals surface area (Å²) in [5.74, 6) is -4.86. The number of hydrogen-bond acceptors (Lipinski definition) is 3. The van der Waals surface area contributed by atoms with Crippen molar-refractivity contribution in [3.05, 3.63) is 29.6 Å². The van der Waals surface area contributed by atoms with Crippen molar-refractivity contribution in [2.75, 3.05) is 20.1 Å². The van der Waals surface area contributed by atoms with Crippen LogP contribution in [0.4, 0.5) is 13.2 Å². The van der Waals surface area contributed by atoms with Gasteiger partial charge in [0.2, 0.25) is 10.0 Å². The first-order valence-corrected chi connectivity index (χ1v) is 7.62. The highest BCUT2D eigenvalue weighted by molar-refractivity contribution is 7.89.